The van der Waals surface area contributed by atoms with E-state index in [2.05, 4.69) is 25.5 Å². The maximum Gasteiger partial charge on any atom is 0.251 e. The number of pyridine rings is 1. The molecule has 0 spiro atoms. The van der Waals surface area contributed by atoms with Gasteiger partial charge in [-0.25, -0.2) is 14.4 Å². The molecular weight excluding hydrogens is 435 g/mol. The number of hydrogen-bond donors (Lipinski definition) is 3. The van der Waals surface area contributed by atoms with E-state index < -0.39 is 11.9 Å². The van der Waals surface area contributed by atoms with Gasteiger partial charge in [-0.15, -0.1) is 0 Å². The Morgan fingerprint density at radius 1 is 1.25 bits per heavy atom. The zero-order valence-electron chi connectivity index (χ0n) is 17.1. The molecule has 0 aliphatic rings. The number of nitrogens with one attached hydrogen (secondary N) is 2. The molecule has 0 unspecified atom stereocenters. The van der Waals surface area contributed by atoms with Gasteiger partial charge in [0.2, 0.25) is 5.95 Å². The number of aromatic nitrogens is 5. The third-order valence-corrected chi connectivity index (χ3v) is 5.23. The average molecular weight is 455 g/mol. The van der Waals surface area contributed by atoms with Crippen LogP contribution in [-0.4, -0.2) is 36.4 Å². The Morgan fingerprint density at radius 3 is 2.78 bits per heavy atom. The van der Waals surface area contributed by atoms with E-state index in [0.717, 1.165) is 5.69 Å². The van der Waals surface area contributed by atoms with Gasteiger partial charge in [0.25, 0.3) is 5.56 Å². The molecule has 0 aliphatic heterocycles. The summed E-state index contributed by atoms with van der Waals surface area (Å²) in [6.07, 6.45) is 3.44. The van der Waals surface area contributed by atoms with E-state index in [1.54, 1.807) is 30.6 Å². The second-order valence-electron chi connectivity index (χ2n) is 7.18. The molecule has 0 fully saturated rings. The van der Waals surface area contributed by atoms with Crippen molar-refractivity contribution in [2.45, 2.75) is 19.4 Å². The summed E-state index contributed by atoms with van der Waals surface area (Å²) in [5.74, 6) is 0.424. The van der Waals surface area contributed by atoms with Gasteiger partial charge in [-0.3, -0.25) is 9.89 Å². The summed E-state index contributed by atoms with van der Waals surface area (Å²) in [5.41, 5.74) is 2.21. The first-order valence-electron chi connectivity index (χ1n) is 9.85. The first-order valence-corrected chi connectivity index (χ1v) is 10.2. The highest BCUT2D eigenvalue weighted by molar-refractivity contribution is 6.30. The highest BCUT2D eigenvalue weighted by atomic mass is 35.5. The molecule has 8 nitrogen and oxygen atoms in total. The molecule has 3 N–H and O–H groups in total. The number of rotatable bonds is 7. The fraction of sp³-hybridized carbons (Fsp3) is 0.182. The number of hydrogen-bond acceptors (Lipinski definition) is 6. The van der Waals surface area contributed by atoms with E-state index in [0.29, 0.717) is 28.6 Å². The van der Waals surface area contributed by atoms with Crippen molar-refractivity contribution in [3.8, 4) is 11.3 Å². The van der Waals surface area contributed by atoms with Crippen molar-refractivity contribution < 1.29 is 9.50 Å². The van der Waals surface area contributed by atoms with E-state index >= 15 is 0 Å². The lowest BCUT2D eigenvalue weighted by atomic mass is 10.0. The monoisotopic (exact) mass is 454 g/mol. The van der Waals surface area contributed by atoms with Gasteiger partial charge in [-0.2, -0.15) is 5.10 Å². The van der Waals surface area contributed by atoms with Crippen LogP contribution >= 0.6 is 11.6 Å². The molecule has 0 bridgehead atoms. The summed E-state index contributed by atoms with van der Waals surface area (Å²) < 4.78 is 15.4. The van der Waals surface area contributed by atoms with Crippen LogP contribution in [0.5, 0.6) is 0 Å². The first kappa shape index (κ1) is 21.7. The van der Waals surface area contributed by atoms with Crippen molar-refractivity contribution in [1.29, 1.82) is 0 Å². The van der Waals surface area contributed by atoms with E-state index in [-0.39, 0.29) is 23.6 Å². The second kappa shape index (κ2) is 9.29. The number of nitrogens with zero attached hydrogens (tertiary/aromatic N) is 4. The van der Waals surface area contributed by atoms with Crippen LogP contribution in [0.15, 0.2) is 59.7 Å². The van der Waals surface area contributed by atoms with E-state index in [9.17, 15) is 14.3 Å². The highest BCUT2D eigenvalue weighted by Gasteiger charge is 2.17. The summed E-state index contributed by atoms with van der Waals surface area (Å²) in [4.78, 5) is 21.6. The SMILES string of the molecule is Cc1cc(Nc2nccc(-c3ccn([C@H](CCO)c4ccc(Cl)c(F)c4)c(=O)c3)n2)[nH]n1. The van der Waals surface area contributed by atoms with Crippen LogP contribution in [0.1, 0.15) is 23.7 Å². The van der Waals surface area contributed by atoms with Gasteiger partial charge in [0, 0.05) is 36.7 Å². The molecular formula is C22H20ClFN6O2. The van der Waals surface area contributed by atoms with E-state index in [4.69, 9.17) is 11.6 Å². The van der Waals surface area contributed by atoms with Crippen LogP contribution in [-0.2, 0) is 0 Å². The van der Waals surface area contributed by atoms with Crippen molar-refractivity contribution in [2.24, 2.45) is 0 Å². The molecule has 3 aromatic heterocycles. The molecule has 1 atom stereocenters. The zero-order chi connectivity index (χ0) is 22.7. The van der Waals surface area contributed by atoms with Gasteiger partial charge >= 0.3 is 0 Å². The Morgan fingerprint density at radius 2 is 2.09 bits per heavy atom. The molecule has 0 amide bonds. The third-order valence-electron chi connectivity index (χ3n) is 4.92. The Hall–Kier alpha value is -3.56. The van der Waals surface area contributed by atoms with Gasteiger partial charge in [0.15, 0.2) is 0 Å². The van der Waals surface area contributed by atoms with Gasteiger partial charge in [-0.05, 0) is 43.2 Å². The van der Waals surface area contributed by atoms with Gasteiger partial charge < -0.3 is 15.0 Å². The van der Waals surface area contributed by atoms with Crippen molar-refractivity contribution >= 4 is 23.4 Å². The number of aryl methyl sites for hydroxylation is 1. The molecule has 4 aromatic rings. The van der Waals surface area contributed by atoms with Gasteiger partial charge in [0.05, 0.1) is 22.5 Å². The molecule has 0 aliphatic carbocycles. The number of aliphatic hydroxyl groups excluding tert-OH is 1. The minimum atomic E-state index is -0.578. The molecule has 0 radical (unpaired) electrons. The van der Waals surface area contributed by atoms with E-state index in [1.807, 2.05) is 13.0 Å². The summed E-state index contributed by atoms with van der Waals surface area (Å²) in [6.45, 7) is 1.69. The number of aromatic amines is 1. The molecule has 3 heterocycles. The highest BCUT2D eigenvalue weighted by Crippen LogP contribution is 2.26. The third kappa shape index (κ3) is 4.68. The Kier molecular flexibility index (Phi) is 6.29. The smallest absolute Gasteiger partial charge is 0.251 e. The van der Waals surface area contributed by atoms with Crippen molar-refractivity contribution in [3.05, 3.63) is 87.3 Å². The van der Waals surface area contributed by atoms with Crippen molar-refractivity contribution in [2.75, 3.05) is 11.9 Å². The maximum absolute atomic E-state index is 14.0. The lowest BCUT2D eigenvalue weighted by molar-refractivity contribution is 0.266. The largest absolute Gasteiger partial charge is 0.396 e. The van der Waals surface area contributed by atoms with Crippen LogP contribution in [0.3, 0.4) is 0 Å². The number of aliphatic hydroxyl groups is 1. The van der Waals surface area contributed by atoms with Crippen LogP contribution in [0.4, 0.5) is 16.2 Å². The quantitative estimate of drug-likeness (QED) is 0.391. The molecule has 4 rings (SSSR count). The minimum absolute atomic E-state index is 0.00217. The van der Waals surface area contributed by atoms with Crippen LogP contribution < -0.4 is 10.9 Å². The van der Waals surface area contributed by atoms with Crippen LogP contribution in [0.25, 0.3) is 11.3 Å². The molecule has 0 saturated heterocycles. The summed E-state index contributed by atoms with van der Waals surface area (Å²) in [5, 5.41) is 19.4. The number of H-pyrrole nitrogens is 1. The Bertz CT molecular complexity index is 1310. The van der Waals surface area contributed by atoms with Gasteiger partial charge in [0.1, 0.15) is 11.6 Å². The second-order valence-corrected chi connectivity index (χ2v) is 7.58. The molecule has 32 heavy (non-hydrogen) atoms. The number of halogens is 2. The topological polar surface area (TPSA) is 109 Å². The Balaban J connectivity index is 1.64. The fourth-order valence-corrected chi connectivity index (χ4v) is 3.52. The predicted octanol–water partition coefficient (Wildman–Crippen LogP) is 3.84. The lowest BCUT2D eigenvalue weighted by Gasteiger charge is -2.20. The number of anilines is 2. The Labute approximate surface area is 187 Å². The van der Waals surface area contributed by atoms with Crippen molar-refractivity contribution in [1.82, 2.24) is 24.7 Å². The summed E-state index contributed by atoms with van der Waals surface area (Å²) >= 11 is 5.78. The standard InChI is InChI=1S/C22H20ClFN6O2/c1-13-10-20(29-28-13)27-22-25-7-4-18(26-22)14-5-8-30(21(32)12-14)19(6-9-31)15-2-3-16(23)17(24)11-15/h2-5,7-8,10-12,19,31H,6,9H2,1H3,(H2,25,26,27,28,29)/t19-/m1/s1. The average Bonchev–Trinajstić information content (AvgIpc) is 3.19. The lowest BCUT2D eigenvalue weighted by Crippen LogP contribution is -2.25. The van der Waals surface area contributed by atoms with E-state index in [1.165, 1.54) is 22.8 Å². The van der Waals surface area contributed by atoms with Gasteiger partial charge in [-0.1, -0.05) is 17.7 Å². The first-order chi connectivity index (χ1) is 15.4. The fourth-order valence-electron chi connectivity index (χ4n) is 3.40. The summed E-state index contributed by atoms with van der Waals surface area (Å²) in [7, 11) is 0. The molecule has 0 saturated carbocycles. The predicted molar refractivity (Wildman–Crippen MR) is 120 cm³/mol. The molecule has 10 heteroatoms. The van der Waals surface area contributed by atoms with Crippen LogP contribution in [0.2, 0.25) is 5.02 Å². The van der Waals surface area contributed by atoms with Crippen LogP contribution in [0, 0.1) is 12.7 Å². The normalized spacial score (nSPS) is 12.0. The molecule has 164 valence electrons. The maximum atomic E-state index is 14.0. The minimum Gasteiger partial charge on any atom is -0.396 e. The summed E-state index contributed by atoms with van der Waals surface area (Å²) in [6, 6.07) is 10.5. The zero-order valence-corrected chi connectivity index (χ0v) is 17.8. The molecule has 1 aromatic carbocycles. The number of benzene rings is 1. The van der Waals surface area contributed by atoms with Crippen molar-refractivity contribution in [3.63, 3.8) is 0 Å².